The fourth-order valence-electron chi connectivity index (χ4n) is 2.71. The molecule has 0 radical (unpaired) electrons. The molecule has 9 heteroatoms. The molecular formula is C21H22N6O2S. The second kappa shape index (κ2) is 9.97. The van der Waals surface area contributed by atoms with Gasteiger partial charge >= 0.3 is 0 Å². The van der Waals surface area contributed by atoms with E-state index >= 15 is 0 Å². The lowest BCUT2D eigenvalue weighted by Crippen LogP contribution is -2.18. The van der Waals surface area contributed by atoms with Crippen molar-refractivity contribution in [3.8, 4) is 11.5 Å². The van der Waals surface area contributed by atoms with Crippen LogP contribution >= 0.6 is 0 Å². The summed E-state index contributed by atoms with van der Waals surface area (Å²) in [5.74, 6) is 0.835. The molecule has 1 heterocycles. The standard InChI is InChI=1S/C21H22N6O2S/c1-14(16-10-6-7-11-17(16)30(28)13-12-22)25-18(19(23)24-2)21-27-26-20(29-21)15-8-4-3-5-9-15/h3-11H,2,12-13,22-23H2,1H3/b19-18-,25-14+. The van der Waals surface area contributed by atoms with E-state index in [1.807, 2.05) is 48.5 Å². The highest BCUT2D eigenvalue weighted by Gasteiger charge is 2.20. The van der Waals surface area contributed by atoms with Crippen molar-refractivity contribution in [3.63, 3.8) is 0 Å². The van der Waals surface area contributed by atoms with Gasteiger partial charge in [0.05, 0.1) is 11.3 Å². The molecule has 0 spiro atoms. The van der Waals surface area contributed by atoms with Crippen LogP contribution < -0.4 is 11.5 Å². The molecule has 1 atom stereocenters. The molecule has 0 aliphatic heterocycles. The first-order valence-electron chi connectivity index (χ1n) is 9.14. The highest BCUT2D eigenvalue weighted by atomic mass is 32.2. The summed E-state index contributed by atoms with van der Waals surface area (Å²) >= 11 is -1.25. The summed E-state index contributed by atoms with van der Waals surface area (Å²) in [5, 5.41) is 8.14. The van der Waals surface area contributed by atoms with Gasteiger partial charge < -0.3 is 20.4 Å². The Morgan fingerprint density at radius 3 is 2.53 bits per heavy atom. The molecule has 0 aliphatic rings. The molecule has 0 saturated carbocycles. The smallest absolute Gasteiger partial charge is 0.270 e. The quantitative estimate of drug-likeness (QED) is 0.422. The summed E-state index contributed by atoms with van der Waals surface area (Å²) in [6.07, 6.45) is 0. The molecule has 0 aliphatic carbocycles. The molecular weight excluding hydrogens is 400 g/mol. The fourth-order valence-corrected chi connectivity index (χ4v) is 3.84. The Hall–Kier alpha value is -3.27. The largest absolute Gasteiger partial charge is 0.611 e. The zero-order valence-corrected chi connectivity index (χ0v) is 17.3. The maximum absolute atomic E-state index is 12.5. The number of hydrogen-bond donors (Lipinski definition) is 2. The highest BCUT2D eigenvalue weighted by molar-refractivity contribution is 7.91. The number of hydrogen-bond acceptors (Lipinski definition) is 8. The third-order valence-corrected chi connectivity index (χ3v) is 5.62. The van der Waals surface area contributed by atoms with Crippen molar-refractivity contribution in [2.45, 2.75) is 11.8 Å². The molecule has 0 saturated heterocycles. The summed E-state index contributed by atoms with van der Waals surface area (Å²) in [5.41, 5.74) is 13.8. The van der Waals surface area contributed by atoms with Crippen molar-refractivity contribution >= 4 is 29.3 Å². The predicted molar refractivity (Wildman–Crippen MR) is 119 cm³/mol. The van der Waals surface area contributed by atoms with Gasteiger partial charge in [0, 0.05) is 12.1 Å². The molecule has 154 valence electrons. The molecule has 0 bridgehead atoms. The Bertz CT molecular complexity index is 1080. The van der Waals surface area contributed by atoms with Crippen molar-refractivity contribution in [1.29, 1.82) is 0 Å². The molecule has 30 heavy (non-hydrogen) atoms. The van der Waals surface area contributed by atoms with Crippen LogP contribution in [0.5, 0.6) is 0 Å². The minimum absolute atomic E-state index is 0.0400. The van der Waals surface area contributed by atoms with Gasteiger partial charge in [-0.3, -0.25) is 0 Å². The summed E-state index contributed by atoms with van der Waals surface area (Å²) in [4.78, 5) is 8.99. The first-order valence-corrected chi connectivity index (χ1v) is 10.5. The molecule has 1 aromatic heterocycles. The van der Waals surface area contributed by atoms with Crippen molar-refractivity contribution < 1.29 is 8.97 Å². The third kappa shape index (κ3) is 4.82. The Labute approximate surface area is 177 Å². The molecule has 0 amide bonds. The Morgan fingerprint density at radius 2 is 1.83 bits per heavy atom. The molecule has 8 nitrogen and oxygen atoms in total. The summed E-state index contributed by atoms with van der Waals surface area (Å²) < 4.78 is 18.3. The number of benzene rings is 2. The van der Waals surface area contributed by atoms with Gasteiger partial charge in [0.1, 0.15) is 5.75 Å². The maximum atomic E-state index is 12.5. The van der Waals surface area contributed by atoms with Crippen LogP contribution in [-0.2, 0) is 11.2 Å². The van der Waals surface area contributed by atoms with Gasteiger partial charge in [0.2, 0.25) is 5.89 Å². The lowest BCUT2D eigenvalue weighted by molar-refractivity contribution is 0.551. The number of aromatic nitrogens is 2. The van der Waals surface area contributed by atoms with Crippen LogP contribution in [0.15, 0.2) is 79.7 Å². The van der Waals surface area contributed by atoms with Gasteiger partial charge in [-0.25, -0.2) is 9.98 Å². The fraction of sp³-hybridized carbons (Fsp3) is 0.143. The number of nitrogens with two attached hydrogens (primary N) is 2. The molecule has 4 N–H and O–H groups in total. The molecule has 1 unspecified atom stereocenters. The van der Waals surface area contributed by atoms with Crippen molar-refractivity contribution in [3.05, 3.63) is 71.9 Å². The minimum atomic E-state index is -1.25. The zero-order chi connectivity index (χ0) is 21.5. The first kappa shape index (κ1) is 21.4. The van der Waals surface area contributed by atoms with E-state index in [0.717, 1.165) is 5.56 Å². The Balaban J connectivity index is 2.02. The van der Waals surface area contributed by atoms with E-state index in [1.54, 1.807) is 13.0 Å². The van der Waals surface area contributed by atoms with E-state index in [0.29, 0.717) is 34.4 Å². The highest BCUT2D eigenvalue weighted by Crippen LogP contribution is 2.25. The van der Waals surface area contributed by atoms with Crippen LogP contribution in [0.3, 0.4) is 0 Å². The molecule has 2 aromatic carbocycles. The van der Waals surface area contributed by atoms with E-state index in [1.165, 1.54) is 0 Å². The topological polar surface area (TPSA) is 139 Å². The van der Waals surface area contributed by atoms with Crippen LogP contribution in [0.25, 0.3) is 17.2 Å². The SMILES string of the molecule is C=N/C(N)=C(\N=C(/C)c1ccccc1[S+]([O-])CCN)c1nnc(-c2ccccc2)o1. The van der Waals surface area contributed by atoms with Crippen LogP contribution in [0, 0.1) is 0 Å². The van der Waals surface area contributed by atoms with Gasteiger partial charge in [-0.15, -0.1) is 10.2 Å². The molecule has 3 aromatic rings. The lowest BCUT2D eigenvalue weighted by atomic mass is 10.1. The van der Waals surface area contributed by atoms with Crippen LogP contribution in [0.4, 0.5) is 0 Å². The van der Waals surface area contributed by atoms with Gasteiger partial charge in [0.25, 0.3) is 5.89 Å². The Kier molecular flexibility index (Phi) is 7.12. The number of nitrogens with zero attached hydrogens (tertiary/aromatic N) is 4. The molecule has 0 fully saturated rings. The second-order valence-electron chi connectivity index (χ2n) is 6.20. The van der Waals surface area contributed by atoms with E-state index in [2.05, 4.69) is 26.9 Å². The third-order valence-electron chi connectivity index (χ3n) is 4.17. The summed E-state index contributed by atoms with van der Waals surface area (Å²) in [7, 11) is 0. The van der Waals surface area contributed by atoms with Crippen LogP contribution in [-0.4, -0.2) is 39.5 Å². The van der Waals surface area contributed by atoms with Gasteiger partial charge in [0.15, 0.2) is 16.4 Å². The maximum Gasteiger partial charge on any atom is 0.270 e. The van der Waals surface area contributed by atoms with Gasteiger partial charge in [-0.1, -0.05) is 30.3 Å². The van der Waals surface area contributed by atoms with Crippen molar-refractivity contribution in [2.75, 3.05) is 12.3 Å². The number of aliphatic imine (C=N–C) groups is 2. The minimum Gasteiger partial charge on any atom is -0.611 e. The van der Waals surface area contributed by atoms with Crippen LogP contribution in [0.1, 0.15) is 18.4 Å². The van der Waals surface area contributed by atoms with E-state index < -0.39 is 11.2 Å². The van der Waals surface area contributed by atoms with Crippen molar-refractivity contribution in [1.82, 2.24) is 10.2 Å². The average molecular weight is 423 g/mol. The average Bonchev–Trinajstić information content (AvgIpc) is 3.27. The van der Waals surface area contributed by atoms with Crippen LogP contribution in [0.2, 0.25) is 0 Å². The summed E-state index contributed by atoms with van der Waals surface area (Å²) in [6.45, 7) is 5.57. The zero-order valence-electron chi connectivity index (χ0n) is 16.5. The monoisotopic (exact) mass is 422 g/mol. The second-order valence-corrected chi connectivity index (χ2v) is 7.74. The van der Waals surface area contributed by atoms with E-state index in [-0.39, 0.29) is 17.4 Å². The predicted octanol–water partition coefficient (Wildman–Crippen LogP) is 2.60. The normalized spacial score (nSPS) is 13.6. The van der Waals surface area contributed by atoms with E-state index in [9.17, 15) is 4.55 Å². The van der Waals surface area contributed by atoms with Crippen molar-refractivity contribution in [2.24, 2.45) is 21.5 Å². The summed E-state index contributed by atoms with van der Waals surface area (Å²) in [6, 6.07) is 16.6. The van der Waals surface area contributed by atoms with E-state index in [4.69, 9.17) is 15.9 Å². The lowest BCUT2D eigenvalue weighted by Gasteiger charge is -2.13. The number of rotatable bonds is 8. The Morgan fingerprint density at radius 1 is 1.13 bits per heavy atom. The first-order chi connectivity index (χ1) is 14.5. The van der Waals surface area contributed by atoms with Gasteiger partial charge in [-0.2, -0.15) is 0 Å². The van der Waals surface area contributed by atoms with Gasteiger partial charge in [-0.05, 0) is 49.1 Å². The molecule has 3 rings (SSSR count).